The Labute approximate surface area is 334 Å². The van der Waals surface area contributed by atoms with E-state index < -0.39 is 23.2 Å². The second kappa shape index (κ2) is 19.3. The van der Waals surface area contributed by atoms with Gasteiger partial charge in [-0.2, -0.15) is 4.21 Å². The normalized spacial score (nSPS) is 11.2. The lowest BCUT2D eigenvalue weighted by Gasteiger charge is -2.14. The summed E-state index contributed by atoms with van der Waals surface area (Å²) in [7, 11) is 0. The van der Waals surface area contributed by atoms with Crippen LogP contribution < -0.4 is 32.8 Å². The average molecular weight is 811 g/mol. The first kappa shape index (κ1) is 40.1. The first-order chi connectivity index (χ1) is 27.6. The molecular weight excluding hydrogens is 777 g/mol. The molecule has 0 saturated heterocycles. The minimum Gasteiger partial charge on any atom is -0.478 e. The standard InChI is InChI=1S/C41H34N2O12S2/c1-26-3-12-33(13-4-26)51-55-56-52-35-21-22-37(41(45)46)38(23-35)40(44)43-30-10-19-32(20-11-30)50-31-17-8-29(9-18-31)42-39-24-36(16-7-28(39)25-49-47)54-57(48)53-34-14-5-27(2)6-15-34/h3-24,42,47H,25H2,1-2H3,(H,43,44)(H,45,46). The minimum atomic E-state index is -2.12. The Balaban J connectivity index is 1.03. The lowest BCUT2D eigenvalue weighted by atomic mass is 10.1. The number of carbonyl (C=O) groups is 2. The highest BCUT2D eigenvalue weighted by atomic mass is 32.2. The van der Waals surface area contributed by atoms with Crippen LogP contribution in [0, 0.1) is 13.8 Å². The summed E-state index contributed by atoms with van der Waals surface area (Å²) in [5.74, 6) is 0.262. The van der Waals surface area contributed by atoms with Crippen LogP contribution in [0.15, 0.2) is 133 Å². The Hall–Kier alpha value is -6.56. The number of benzene rings is 6. The van der Waals surface area contributed by atoms with E-state index in [9.17, 15) is 18.9 Å². The van der Waals surface area contributed by atoms with Crippen LogP contribution in [0.1, 0.15) is 37.4 Å². The van der Waals surface area contributed by atoms with Crippen LogP contribution in [0.3, 0.4) is 0 Å². The van der Waals surface area contributed by atoms with Crippen LogP contribution >= 0.6 is 12.3 Å². The molecule has 0 radical (unpaired) electrons. The Morgan fingerprint density at radius 1 is 0.649 bits per heavy atom. The summed E-state index contributed by atoms with van der Waals surface area (Å²) in [5, 5.41) is 24.7. The zero-order valence-electron chi connectivity index (χ0n) is 30.2. The quantitative estimate of drug-likeness (QED) is 0.0279. The molecule has 0 aliphatic rings. The van der Waals surface area contributed by atoms with E-state index in [-0.39, 0.29) is 29.2 Å². The molecule has 0 heterocycles. The van der Waals surface area contributed by atoms with Crippen molar-refractivity contribution in [1.29, 1.82) is 0 Å². The molecule has 57 heavy (non-hydrogen) atoms. The van der Waals surface area contributed by atoms with E-state index in [1.807, 2.05) is 38.1 Å². The molecule has 14 nitrogen and oxygen atoms in total. The largest absolute Gasteiger partial charge is 0.478 e. The van der Waals surface area contributed by atoms with Gasteiger partial charge in [0.1, 0.15) is 35.4 Å². The van der Waals surface area contributed by atoms with Crippen molar-refractivity contribution in [1.82, 2.24) is 0 Å². The zero-order chi connectivity index (χ0) is 40.1. The molecule has 4 N–H and O–H groups in total. The molecule has 292 valence electrons. The van der Waals surface area contributed by atoms with Gasteiger partial charge in [0, 0.05) is 28.7 Å². The summed E-state index contributed by atoms with van der Waals surface area (Å²) >= 11 is -1.62. The Kier molecular flexibility index (Phi) is 13.6. The van der Waals surface area contributed by atoms with E-state index in [0.29, 0.717) is 57.9 Å². The van der Waals surface area contributed by atoms with Crippen molar-refractivity contribution >= 4 is 52.6 Å². The number of hydrogen-bond donors (Lipinski definition) is 4. The van der Waals surface area contributed by atoms with Gasteiger partial charge in [0.25, 0.3) is 18.2 Å². The summed E-state index contributed by atoms with van der Waals surface area (Å²) in [6.07, 6.45) is 0. The SMILES string of the molecule is Cc1ccc(OOSOc2ccc(C(=O)O)c(C(=O)Nc3ccc(Oc4ccc(Nc5cc(OS(=O)Oc6ccc(C)cc6)ccc5COO)cc4)cc3)c2)cc1. The lowest BCUT2D eigenvalue weighted by Crippen LogP contribution is -2.16. The molecule has 0 spiro atoms. The average Bonchev–Trinajstić information content (AvgIpc) is 3.20. The van der Waals surface area contributed by atoms with Crippen LogP contribution in [0.25, 0.3) is 0 Å². The molecule has 6 aromatic rings. The Bertz CT molecular complexity index is 2320. The second-order valence-electron chi connectivity index (χ2n) is 12.1. The fourth-order valence-corrected chi connectivity index (χ4v) is 5.92. The van der Waals surface area contributed by atoms with Gasteiger partial charge in [0.15, 0.2) is 5.75 Å². The van der Waals surface area contributed by atoms with Gasteiger partial charge >= 0.3 is 17.3 Å². The molecule has 0 fully saturated rings. The summed E-state index contributed by atoms with van der Waals surface area (Å²) in [4.78, 5) is 34.6. The van der Waals surface area contributed by atoms with Crippen molar-refractivity contribution in [3.63, 3.8) is 0 Å². The molecule has 0 saturated carbocycles. The first-order valence-corrected chi connectivity index (χ1v) is 18.6. The molecule has 1 atom stereocenters. The van der Waals surface area contributed by atoms with Gasteiger partial charge in [-0.15, -0.1) is 0 Å². The van der Waals surface area contributed by atoms with Gasteiger partial charge < -0.3 is 37.9 Å². The predicted octanol–water partition coefficient (Wildman–Crippen LogP) is 9.77. The number of rotatable bonds is 18. The minimum absolute atomic E-state index is 0.120. The number of carboxylic acids is 1. The molecule has 0 bridgehead atoms. The fourth-order valence-electron chi connectivity index (χ4n) is 5.04. The highest BCUT2D eigenvalue weighted by Gasteiger charge is 2.19. The van der Waals surface area contributed by atoms with Crippen LogP contribution in [0.2, 0.25) is 0 Å². The van der Waals surface area contributed by atoms with Crippen molar-refractivity contribution in [2.75, 3.05) is 10.6 Å². The number of amides is 1. The van der Waals surface area contributed by atoms with Crippen molar-refractivity contribution in [3.05, 3.63) is 161 Å². The summed E-state index contributed by atoms with van der Waals surface area (Å²) in [6.45, 7) is 3.75. The van der Waals surface area contributed by atoms with Crippen LogP contribution in [-0.4, -0.2) is 26.4 Å². The summed E-state index contributed by atoms with van der Waals surface area (Å²) in [6, 6.07) is 36.4. The molecular formula is C41H34N2O12S2. The van der Waals surface area contributed by atoms with E-state index in [0.717, 1.165) is 11.1 Å². The van der Waals surface area contributed by atoms with E-state index in [2.05, 4.69) is 15.5 Å². The lowest BCUT2D eigenvalue weighted by molar-refractivity contribution is -0.252. The predicted molar refractivity (Wildman–Crippen MR) is 213 cm³/mol. The maximum atomic E-state index is 13.2. The molecule has 16 heteroatoms. The van der Waals surface area contributed by atoms with E-state index >= 15 is 0 Å². The highest BCUT2D eigenvalue weighted by Crippen LogP contribution is 2.31. The molecule has 1 amide bonds. The van der Waals surface area contributed by atoms with Gasteiger partial charge in [-0.25, -0.2) is 9.68 Å². The van der Waals surface area contributed by atoms with Crippen LogP contribution in [0.5, 0.6) is 34.5 Å². The maximum absolute atomic E-state index is 13.2. The monoisotopic (exact) mass is 810 g/mol. The van der Waals surface area contributed by atoms with Crippen molar-refractivity contribution in [2.45, 2.75) is 20.5 Å². The molecule has 0 aliphatic carbocycles. The van der Waals surface area contributed by atoms with Gasteiger partial charge in [-0.3, -0.25) is 10.1 Å². The van der Waals surface area contributed by atoms with Crippen molar-refractivity contribution < 1.29 is 55.6 Å². The van der Waals surface area contributed by atoms with E-state index in [4.69, 9.17) is 31.8 Å². The van der Waals surface area contributed by atoms with E-state index in [1.165, 1.54) is 18.2 Å². The highest BCUT2D eigenvalue weighted by molar-refractivity contribution is 7.90. The Morgan fingerprint density at radius 2 is 1.21 bits per heavy atom. The fraction of sp³-hybridized carbons (Fsp3) is 0.0732. The van der Waals surface area contributed by atoms with Crippen molar-refractivity contribution in [2.24, 2.45) is 0 Å². The number of carboxylic acid groups (broad SMARTS) is 1. The molecule has 0 aromatic heterocycles. The summed E-state index contributed by atoms with van der Waals surface area (Å²) in [5.41, 5.74) is 3.89. The topological polar surface area (TPSA) is 180 Å². The number of aryl methyl sites for hydroxylation is 2. The van der Waals surface area contributed by atoms with Crippen LogP contribution in [-0.2, 0) is 27.2 Å². The number of carbonyl (C=O) groups excluding carboxylic acids is 1. The van der Waals surface area contributed by atoms with Crippen LogP contribution in [0.4, 0.5) is 17.1 Å². The van der Waals surface area contributed by atoms with Gasteiger partial charge in [-0.05, 0) is 111 Å². The number of ether oxygens (including phenoxy) is 1. The van der Waals surface area contributed by atoms with Gasteiger partial charge in [0.2, 0.25) is 0 Å². The molecule has 1 unspecified atom stereocenters. The molecule has 6 aromatic carbocycles. The van der Waals surface area contributed by atoms with Gasteiger partial charge in [-0.1, -0.05) is 45.8 Å². The van der Waals surface area contributed by atoms with Gasteiger partial charge in [0.05, 0.1) is 11.1 Å². The number of hydrogen-bond acceptors (Lipinski definition) is 13. The second-order valence-corrected chi connectivity index (χ2v) is 13.3. The maximum Gasteiger partial charge on any atom is 0.417 e. The molecule has 0 aliphatic heterocycles. The van der Waals surface area contributed by atoms with Crippen molar-refractivity contribution in [3.8, 4) is 34.5 Å². The third-order valence-electron chi connectivity index (χ3n) is 7.91. The molecule has 6 rings (SSSR count). The number of anilines is 3. The van der Waals surface area contributed by atoms with E-state index in [1.54, 1.807) is 91.0 Å². The number of aromatic carboxylic acids is 1. The first-order valence-electron chi connectivity index (χ1n) is 16.9. The summed E-state index contributed by atoms with van der Waals surface area (Å²) < 4.78 is 39.7. The third-order valence-corrected chi connectivity index (χ3v) is 8.95. The Morgan fingerprint density at radius 3 is 1.84 bits per heavy atom. The number of nitrogens with one attached hydrogen (secondary N) is 2. The third kappa shape index (κ3) is 11.7. The zero-order valence-corrected chi connectivity index (χ0v) is 31.8. The smallest absolute Gasteiger partial charge is 0.417 e.